The lowest BCUT2D eigenvalue weighted by Gasteiger charge is -2.22. The molecule has 5 nitrogen and oxygen atoms in total. The number of nitrogens with zero attached hydrogens (tertiary/aromatic N) is 1. The van der Waals surface area contributed by atoms with Gasteiger partial charge in [-0.05, 0) is 45.6 Å². The minimum atomic E-state index is -3.43. The molecular weight excluding hydrogens is 306 g/mol. The molecule has 1 saturated heterocycles. The van der Waals surface area contributed by atoms with Crippen LogP contribution in [0.5, 0.6) is 0 Å². The number of nitrogens with one attached hydrogen (secondary N) is 2. The molecule has 0 spiro atoms. The Morgan fingerprint density at radius 2 is 2.24 bits per heavy atom. The first-order chi connectivity index (χ1) is 9.90. The first-order valence-electron chi connectivity index (χ1n) is 7.37. The summed E-state index contributed by atoms with van der Waals surface area (Å²) < 4.78 is 29.7. The third-order valence-corrected chi connectivity index (χ3v) is 6.81. The van der Waals surface area contributed by atoms with Crippen molar-refractivity contribution in [2.24, 2.45) is 0 Å². The van der Waals surface area contributed by atoms with E-state index in [4.69, 9.17) is 0 Å². The van der Waals surface area contributed by atoms with Crippen molar-refractivity contribution < 1.29 is 8.42 Å². The molecule has 1 aliphatic rings. The van der Waals surface area contributed by atoms with E-state index in [2.05, 4.69) is 17.0 Å². The maximum Gasteiger partial charge on any atom is 0.242 e. The number of sulfonamides is 1. The van der Waals surface area contributed by atoms with Crippen LogP contribution in [0.2, 0.25) is 0 Å². The predicted molar refractivity (Wildman–Crippen MR) is 88.2 cm³/mol. The zero-order chi connectivity index (χ0) is 15.5. The van der Waals surface area contributed by atoms with Crippen molar-refractivity contribution in [3.05, 3.63) is 18.0 Å². The van der Waals surface area contributed by atoms with Crippen molar-refractivity contribution in [1.29, 1.82) is 0 Å². The van der Waals surface area contributed by atoms with Gasteiger partial charge in [0.15, 0.2) is 0 Å². The fourth-order valence-corrected chi connectivity index (χ4v) is 5.17. The van der Waals surface area contributed by atoms with E-state index >= 15 is 0 Å². The van der Waals surface area contributed by atoms with Gasteiger partial charge < -0.3 is 9.88 Å². The van der Waals surface area contributed by atoms with Crippen molar-refractivity contribution in [2.75, 3.05) is 19.3 Å². The highest BCUT2D eigenvalue weighted by molar-refractivity contribution is 8.01. The third-order valence-electron chi connectivity index (χ3n) is 3.91. The molecule has 1 aromatic heterocycles. The van der Waals surface area contributed by atoms with Crippen molar-refractivity contribution in [1.82, 2.24) is 14.6 Å². The number of hydrogen-bond donors (Lipinski definition) is 2. The Kier molecular flexibility index (Phi) is 5.40. The minimum absolute atomic E-state index is 0.0359. The summed E-state index contributed by atoms with van der Waals surface area (Å²) in [6.07, 6.45) is 3.96. The van der Waals surface area contributed by atoms with Crippen LogP contribution in [0.25, 0.3) is 0 Å². The molecule has 2 heterocycles. The Balaban J connectivity index is 2.11. The van der Waals surface area contributed by atoms with Gasteiger partial charge in [-0.2, -0.15) is 11.8 Å². The number of hydrogen-bond acceptors (Lipinski definition) is 4. The van der Waals surface area contributed by atoms with E-state index in [1.165, 1.54) is 6.42 Å². The molecule has 2 rings (SSSR count). The Morgan fingerprint density at radius 3 is 2.81 bits per heavy atom. The normalized spacial score (nSPS) is 22.8. The van der Waals surface area contributed by atoms with Gasteiger partial charge in [0.1, 0.15) is 0 Å². The lowest BCUT2D eigenvalue weighted by Crippen LogP contribution is -2.36. The van der Waals surface area contributed by atoms with Gasteiger partial charge in [-0.3, -0.25) is 0 Å². The van der Waals surface area contributed by atoms with Crippen LogP contribution in [0.15, 0.2) is 17.2 Å². The Hall–Kier alpha value is -0.500. The van der Waals surface area contributed by atoms with E-state index in [1.54, 1.807) is 12.3 Å². The molecule has 0 aromatic carbocycles. The van der Waals surface area contributed by atoms with Crippen LogP contribution in [0.1, 0.15) is 32.4 Å². The number of aromatic nitrogens is 1. The molecular formula is C14H25N3O2S2. The monoisotopic (exact) mass is 331 g/mol. The molecule has 1 unspecified atom stereocenters. The van der Waals surface area contributed by atoms with Gasteiger partial charge in [0.05, 0.1) is 4.90 Å². The Labute approximate surface area is 131 Å². The molecule has 0 amide bonds. The summed E-state index contributed by atoms with van der Waals surface area (Å²) >= 11 is 1.86. The second kappa shape index (κ2) is 6.73. The van der Waals surface area contributed by atoms with Crippen LogP contribution in [0, 0.1) is 0 Å². The maximum atomic E-state index is 12.5. The predicted octanol–water partition coefficient (Wildman–Crippen LogP) is 1.79. The Bertz CT molecular complexity index is 575. The fraction of sp³-hybridized carbons (Fsp3) is 0.714. The number of thioether (sulfide) groups is 1. The lowest BCUT2D eigenvalue weighted by molar-refractivity contribution is 0.552. The van der Waals surface area contributed by atoms with Crippen molar-refractivity contribution in [3.8, 4) is 0 Å². The summed E-state index contributed by atoms with van der Waals surface area (Å²) in [7, 11) is -1.57. The molecule has 0 aliphatic carbocycles. The van der Waals surface area contributed by atoms with Crippen LogP contribution in [-0.2, 0) is 23.1 Å². The van der Waals surface area contributed by atoms with E-state index in [-0.39, 0.29) is 4.75 Å². The quantitative estimate of drug-likeness (QED) is 0.800. The molecule has 120 valence electrons. The van der Waals surface area contributed by atoms with Crippen molar-refractivity contribution >= 4 is 21.8 Å². The molecule has 1 fully saturated rings. The molecule has 0 bridgehead atoms. The standard InChI is InChI=1S/C14H25N3O2S2/c1-4-17-10-13(8-12(17)9-15-3)21(18,19)16-11-14(2)6-5-7-20-14/h8,10,15-16H,4-7,9,11H2,1-3H3. The Morgan fingerprint density at radius 1 is 1.48 bits per heavy atom. The molecule has 1 aromatic rings. The summed E-state index contributed by atoms with van der Waals surface area (Å²) in [5.74, 6) is 1.12. The first-order valence-corrected chi connectivity index (χ1v) is 9.84. The van der Waals surface area contributed by atoms with Gasteiger partial charge in [0, 0.05) is 36.3 Å². The lowest BCUT2D eigenvalue weighted by atomic mass is 10.1. The van der Waals surface area contributed by atoms with Crippen LogP contribution in [0.3, 0.4) is 0 Å². The largest absolute Gasteiger partial charge is 0.349 e. The second-order valence-electron chi connectivity index (χ2n) is 5.71. The van der Waals surface area contributed by atoms with Gasteiger partial charge in [-0.25, -0.2) is 13.1 Å². The van der Waals surface area contributed by atoms with Crippen molar-refractivity contribution in [2.45, 2.75) is 49.4 Å². The molecule has 0 radical (unpaired) electrons. The van der Waals surface area contributed by atoms with Gasteiger partial charge in [0.25, 0.3) is 0 Å². The number of rotatable bonds is 7. The molecule has 7 heteroatoms. The molecule has 21 heavy (non-hydrogen) atoms. The third kappa shape index (κ3) is 4.03. The summed E-state index contributed by atoms with van der Waals surface area (Å²) in [5.41, 5.74) is 0.988. The highest BCUT2D eigenvalue weighted by Gasteiger charge is 2.31. The zero-order valence-corrected chi connectivity index (χ0v) is 14.6. The highest BCUT2D eigenvalue weighted by Crippen LogP contribution is 2.37. The highest BCUT2D eigenvalue weighted by atomic mass is 32.2. The van der Waals surface area contributed by atoms with Crippen LogP contribution in [-0.4, -0.2) is 37.1 Å². The second-order valence-corrected chi connectivity index (χ2v) is 9.16. The molecule has 2 N–H and O–H groups in total. The van der Waals surface area contributed by atoms with Crippen LogP contribution < -0.4 is 10.0 Å². The van der Waals surface area contributed by atoms with Gasteiger partial charge in [0.2, 0.25) is 10.0 Å². The SMILES string of the molecule is CCn1cc(S(=O)(=O)NCC2(C)CCCS2)cc1CNC. The van der Waals surface area contributed by atoms with E-state index < -0.39 is 10.0 Å². The topological polar surface area (TPSA) is 63.1 Å². The number of aryl methyl sites for hydroxylation is 1. The average molecular weight is 332 g/mol. The minimum Gasteiger partial charge on any atom is -0.349 e. The van der Waals surface area contributed by atoms with E-state index in [0.29, 0.717) is 18.0 Å². The summed E-state index contributed by atoms with van der Waals surface area (Å²) in [4.78, 5) is 0.362. The molecule has 1 aliphatic heterocycles. The zero-order valence-electron chi connectivity index (χ0n) is 13.0. The maximum absolute atomic E-state index is 12.5. The van der Waals surface area contributed by atoms with Gasteiger partial charge >= 0.3 is 0 Å². The molecule has 0 saturated carbocycles. The molecule has 1 atom stereocenters. The van der Waals surface area contributed by atoms with E-state index in [0.717, 1.165) is 24.4 Å². The van der Waals surface area contributed by atoms with Crippen LogP contribution in [0.4, 0.5) is 0 Å². The fourth-order valence-electron chi connectivity index (χ4n) is 2.60. The van der Waals surface area contributed by atoms with E-state index in [9.17, 15) is 8.42 Å². The summed E-state index contributed by atoms with van der Waals surface area (Å²) in [6.45, 7) is 6.08. The average Bonchev–Trinajstić information content (AvgIpc) is 3.05. The van der Waals surface area contributed by atoms with Crippen LogP contribution >= 0.6 is 11.8 Å². The summed E-state index contributed by atoms with van der Waals surface area (Å²) in [5, 5.41) is 3.07. The van der Waals surface area contributed by atoms with Gasteiger partial charge in [-0.15, -0.1) is 0 Å². The smallest absolute Gasteiger partial charge is 0.242 e. The first kappa shape index (κ1) is 16.9. The van der Waals surface area contributed by atoms with E-state index in [1.807, 2.05) is 30.3 Å². The van der Waals surface area contributed by atoms with Crippen molar-refractivity contribution in [3.63, 3.8) is 0 Å². The summed E-state index contributed by atoms with van der Waals surface area (Å²) in [6, 6.07) is 1.76. The van der Waals surface area contributed by atoms with Gasteiger partial charge in [-0.1, -0.05) is 0 Å².